The SMILES string of the molecule is CC1Oc2ccc(C(O)C3CCCN3)cc2N(C(C)C)C1=O. The molecule has 2 aliphatic rings. The van der Waals surface area contributed by atoms with Gasteiger partial charge in [-0.25, -0.2) is 0 Å². The first kappa shape index (κ1) is 15.3. The Morgan fingerprint density at radius 3 is 2.82 bits per heavy atom. The highest BCUT2D eigenvalue weighted by Crippen LogP contribution is 2.38. The van der Waals surface area contributed by atoms with E-state index in [1.807, 2.05) is 32.0 Å². The first-order chi connectivity index (χ1) is 10.5. The zero-order valence-corrected chi connectivity index (χ0v) is 13.4. The summed E-state index contributed by atoms with van der Waals surface area (Å²) in [5.41, 5.74) is 1.59. The Hall–Kier alpha value is -1.59. The molecule has 1 aromatic rings. The Morgan fingerprint density at radius 2 is 2.18 bits per heavy atom. The van der Waals surface area contributed by atoms with Crippen molar-refractivity contribution in [3.63, 3.8) is 0 Å². The highest BCUT2D eigenvalue weighted by atomic mass is 16.5. The minimum atomic E-state index is -0.559. The molecule has 2 heterocycles. The van der Waals surface area contributed by atoms with Crippen LogP contribution in [-0.2, 0) is 4.79 Å². The van der Waals surface area contributed by atoms with Crippen molar-refractivity contribution in [3.8, 4) is 5.75 Å². The minimum absolute atomic E-state index is 0.0341. The van der Waals surface area contributed by atoms with Crippen LogP contribution in [0.3, 0.4) is 0 Å². The van der Waals surface area contributed by atoms with Crippen molar-refractivity contribution in [2.24, 2.45) is 0 Å². The molecule has 1 fully saturated rings. The number of rotatable bonds is 3. The Morgan fingerprint density at radius 1 is 1.41 bits per heavy atom. The molecule has 2 aliphatic heterocycles. The first-order valence-corrected chi connectivity index (χ1v) is 8.04. The number of aliphatic hydroxyl groups is 1. The van der Waals surface area contributed by atoms with E-state index in [9.17, 15) is 9.90 Å². The van der Waals surface area contributed by atoms with Crippen LogP contribution in [0.15, 0.2) is 18.2 Å². The lowest BCUT2D eigenvalue weighted by Gasteiger charge is -2.36. The summed E-state index contributed by atoms with van der Waals surface area (Å²) in [6, 6.07) is 5.79. The molecule has 1 aromatic carbocycles. The van der Waals surface area contributed by atoms with Gasteiger partial charge in [0.2, 0.25) is 0 Å². The van der Waals surface area contributed by atoms with Crippen LogP contribution in [0.5, 0.6) is 5.75 Å². The number of hydrogen-bond acceptors (Lipinski definition) is 4. The molecule has 1 saturated heterocycles. The van der Waals surface area contributed by atoms with Crippen LogP contribution < -0.4 is 15.0 Å². The number of amides is 1. The smallest absolute Gasteiger partial charge is 0.268 e. The zero-order valence-electron chi connectivity index (χ0n) is 13.4. The highest BCUT2D eigenvalue weighted by molar-refractivity contribution is 6.00. The molecule has 2 N–H and O–H groups in total. The Balaban J connectivity index is 1.95. The number of anilines is 1. The van der Waals surface area contributed by atoms with Gasteiger partial charge in [-0.15, -0.1) is 0 Å². The van der Waals surface area contributed by atoms with Gasteiger partial charge < -0.3 is 20.1 Å². The van der Waals surface area contributed by atoms with Gasteiger partial charge in [-0.1, -0.05) is 6.07 Å². The largest absolute Gasteiger partial charge is 0.479 e. The van der Waals surface area contributed by atoms with E-state index < -0.39 is 12.2 Å². The maximum Gasteiger partial charge on any atom is 0.268 e. The van der Waals surface area contributed by atoms with Crippen molar-refractivity contribution in [1.82, 2.24) is 5.32 Å². The number of aliphatic hydroxyl groups excluding tert-OH is 1. The van der Waals surface area contributed by atoms with Crippen LogP contribution in [-0.4, -0.2) is 35.7 Å². The van der Waals surface area contributed by atoms with Gasteiger partial charge in [0.05, 0.1) is 11.8 Å². The van der Waals surface area contributed by atoms with Crippen molar-refractivity contribution in [3.05, 3.63) is 23.8 Å². The second kappa shape index (κ2) is 5.89. The van der Waals surface area contributed by atoms with Crippen molar-refractivity contribution in [2.45, 2.75) is 57.9 Å². The molecule has 120 valence electrons. The molecule has 22 heavy (non-hydrogen) atoms. The number of hydrogen-bond donors (Lipinski definition) is 2. The van der Waals surface area contributed by atoms with E-state index >= 15 is 0 Å². The van der Waals surface area contributed by atoms with E-state index in [1.165, 1.54) is 0 Å². The fraction of sp³-hybridized carbons (Fsp3) is 0.588. The number of benzene rings is 1. The number of ether oxygens (including phenoxy) is 1. The molecule has 0 saturated carbocycles. The number of nitrogens with zero attached hydrogens (tertiary/aromatic N) is 1. The summed E-state index contributed by atoms with van der Waals surface area (Å²) in [6.45, 7) is 6.69. The lowest BCUT2D eigenvalue weighted by molar-refractivity contribution is -0.125. The summed E-state index contributed by atoms with van der Waals surface area (Å²) in [5.74, 6) is 0.671. The molecule has 1 amide bonds. The molecule has 3 unspecified atom stereocenters. The third-order valence-corrected chi connectivity index (χ3v) is 4.47. The lowest BCUT2D eigenvalue weighted by atomic mass is 9.99. The van der Waals surface area contributed by atoms with Gasteiger partial charge in [0.25, 0.3) is 5.91 Å². The quantitative estimate of drug-likeness (QED) is 0.896. The molecule has 3 rings (SSSR count). The van der Waals surface area contributed by atoms with Crippen molar-refractivity contribution < 1.29 is 14.6 Å². The summed E-state index contributed by atoms with van der Waals surface area (Å²) >= 11 is 0. The van der Waals surface area contributed by atoms with Crippen LogP contribution in [0.1, 0.15) is 45.3 Å². The maximum absolute atomic E-state index is 12.4. The molecule has 0 aliphatic carbocycles. The fourth-order valence-corrected chi connectivity index (χ4v) is 3.31. The van der Waals surface area contributed by atoms with Crippen molar-refractivity contribution >= 4 is 11.6 Å². The molecule has 5 nitrogen and oxygen atoms in total. The van der Waals surface area contributed by atoms with Gasteiger partial charge in [0.15, 0.2) is 6.10 Å². The second-order valence-corrected chi connectivity index (χ2v) is 6.44. The van der Waals surface area contributed by atoms with Gasteiger partial charge in [0.1, 0.15) is 5.75 Å². The van der Waals surface area contributed by atoms with E-state index in [0.717, 1.165) is 30.6 Å². The van der Waals surface area contributed by atoms with Crippen molar-refractivity contribution in [2.75, 3.05) is 11.4 Å². The van der Waals surface area contributed by atoms with E-state index in [-0.39, 0.29) is 18.0 Å². The van der Waals surface area contributed by atoms with Gasteiger partial charge in [0, 0.05) is 12.1 Å². The molecule has 3 atom stereocenters. The highest BCUT2D eigenvalue weighted by Gasteiger charge is 2.34. The third kappa shape index (κ3) is 2.59. The van der Waals surface area contributed by atoms with E-state index in [0.29, 0.717) is 5.75 Å². The molecule has 5 heteroatoms. The summed E-state index contributed by atoms with van der Waals surface area (Å²) in [4.78, 5) is 14.2. The summed E-state index contributed by atoms with van der Waals surface area (Å²) < 4.78 is 5.70. The summed E-state index contributed by atoms with van der Waals surface area (Å²) in [5, 5.41) is 13.9. The minimum Gasteiger partial charge on any atom is -0.479 e. The van der Waals surface area contributed by atoms with Crippen LogP contribution in [0.4, 0.5) is 5.69 Å². The number of nitrogens with one attached hydrogen (secondary N) is 1. The number of carbonyl (C=O) groups is 1. The van der Waals surface area contributed by atoms with E-state index in [4.69, 9.17) is 4.74 Å². The third-order valence-electron chi connectivity index (χ3n) is 4.47. The normalized spacial score (nSPS) is 26.0. The van der Waals surface area contributed by atoms with Crippen LogP contribution in [0, 0.1) is 0 Å². The van der Waals surface area contributed by atoms with Gasteiger partial charge in [-0.2, -0.15) is 0 Å². The topological polar surface area (TPSA) is 61.8 Å². The molecule has 0 aromatic heterocycles. The first-order valence-electron chi connectivity index (χ1n) is 8.04. The molecule has 0 bridgehead atoms. The molecule has 0 radical (unpaired) electrons. The predicted octanol–water partition coefficient (Wildman–Crippen LogP) is 1.99. The zero-order chi connectivity index (χ0) is 15.9. The molecule has 0 spiro atoms. The van der Waals surface area contributed by atoms with Crippen molar-refractivity contribution in [1.29, 1.82) is 0 Å². The van der Waals surface area contributed by atoms with Crippen LogP contribution in [0.25, 0.3) is 0 Å². The predicted molar refractivity (Wildman–Crippen MR) is 85.1 cm³/mol. The maximum atomic E-state index is 12.4. The van der Waals surface area contributed by atoms with Gasteiger partial charge in [-0.3, -0.25) is 4.79 Å². The average molecular weight is 304 g/mol. The molecular weight excluding hydrogens is 280 g/mol. The van der Waals surface area contributed by atoms with E-state index in [2.05, 4.69) is 5.32 Å². The van der Waals surface area contributed by atoms with Crippen LogP contribution >= 0.6 is 0 Å². The standard InChI is InChI=1S/C17H24N2O3/c1-10(2)19-14-9-12(16(20)13-5-4-8-18-13)6-7-15(14)22-11(3)17(19)21/h6-7,9-11,13,16,18,20H,4-5,8H2,1-3H3. The fourth-order valence-electron chi connectivity index (χ4n) is 3.31. The second-order valence-electron chi connectivity index (χ2n) is 6.44. The number of fused-ring (bicyclic) bond motifs is 1. The lowest BCUT2D eigenvalue weighted by Crippen LogP contribution is -2.48. The molecular formula is C17H24N2O3. The van der Waals surface area contributed by atoms with Crippen LogP contribution in [0.2, 0.25) is 0 Å². The number of carbonyl (C=O) groups excluding carboxylic acids is 1. The Labute approximate surface area is 131 Å². The van der Waals surface area contributed by atoms with E-state index in [1.54, 1.807) is 11.8 Å². The average Bonchev–Trinajstić information content (AvgIpc) is 3.01. The summed E-state index contributed by atoms with van der Waals surface area (Å²) in [6.07, 6.45) is 1.03. The van der Waals surface area contributed by atoms with Gasteiger partial charge >= 0.3 is 0 Å². The Bertz CT molecular complexity index is 567. The van der Waals surface area contributed by atoms with Gasteiger partial charge in [-0.05, 0) is 57.9 Å². The Kier molecular flexibility index (Phi) is 4.10. The summed E-state index contributed by atoms with van der Waals surface area (Å²) in [7, 11) is 0. The monoisotopic (exact) mass is 304 g/mol.